The summed E-state index contributed by atoms with van der Waals surface area (Å²) in [6, 6.07) is -0.726. The first-order valence-electron chi connectivity index (χ1n) is 5.24. The van der Waals surface area contributed by atoms with Gasteiger partial charge < -0.3 is 10.4 Å². The van der Waals surface area contributed by atoms with Crippen molar-refractivity contribution in [3.8, 4) is 0 Å². The third-order valence-corrected chi connectivity index (χ3v) is 3.93. The lowest BCUT2D eigenvalue weighted by atomic mass is 9.87. The van der Waals surface area contributed by atoms with Crippen LogP contribution in [-0.2, 0) is 9.59 Å². The molecule has 1 rings (SSSR count). The van der Waals surface area contributed by atoms with E-state index in [1.807, 2.05) is 0 Å². The Labute approximate surface area is 93.8 Å². The van der Waals surface area contributed by atoms with Crippen molar-refractivity contribution in [2.45, 2.75) is 31.7 Å². The molecule has 5 heteroatoms. The summed E-state index contributed by atoms with van der Waals surface area (Å²) in [7, 11) is 0. The second kappa shape index (κ2) is 6.71. The van der Waals surface area contributed by atoms with E-state index in [1.165, 1.54) is 19.3 Å². The van der Waals surface area contributed by atoms with E-state index in [2.05, 4.69) is 5.32 Å². The van der Waals surface area contributed by atoms with Crippen molar-refractivity contribution >= 4 is 24.1 Å². The zero-order valence-electron chi connectivity index (χ0n) is 8.65. The predicted octanol–water partition coefficient (Wildman–Crippen LogP) is 1.11. The number of carboxylic acid groups (broad SMARTS) is 1. The summed E-state index contributed by atoms with van der Waals surface area (Å²) in [5.74, 6) is 1.82. The van der Waals surface area contributed by atoms with Crippen LogP contribution in [-0.4, -0.2) is 35.0 Å². The summed E-state index contributed by atoms with van der Waals surface area (Å²) in [6.07, 6.45) is 4.94. The van der Waals surface area contributed by atoms with Crippen LogP contribution in [0.4, 0.5) is 0 Å². The summed E-state index contributed by atoms with van der Waals surface area (Å²) in [5, 5.41) is 11.0. The molecule has 1 unspecified atom stereocenters. The molecule has 15 heavy (non-hydrogen) atoms. The maximum atomic E-state index is 10.7. The Bertz CT molecular complexity index is 219. The first-order chi connectivity index (χ1) is 7.24. The second-order valence-electron chi connectivity index (χ2n) is 3.84. The average molecular weight is 231 g/mol. The smallest absolute Gasteiger partial charge is 0.326 e. The molecule has 1 atom stereocenters. The first kappa shape index (κ1) is 12.4. The van der Waals surface area contributed by atoms with Crippen LogP contribution in [0.2, 0.25) is 0 Å². The van der Waals surface area contributed by atoms with Gasteiger partial charge >= 0.3 is 5.97 Å². The zero-order chi connectivity index (χ0) is 11.1. The van der Waals surface area contributed by atoms with E-state index in [4.69, 9.17) is 5.11 Å². The summed E-state index contributed by atoms with van der Waals surface area (Å²) in [4.78, 5) is 20.8. The molecular weight excluding hydrogens is 214 g/mol. The Morgan fingerprint density at radius 1 is 1.60 bits per heavy atom. The number of nitrogens with one attached hydrogen (secondary N) is 1. The number of carboxylic acids is 1. The molecule has 0 spiro atoms. The predicted molar refractivity (Wildman–Crippen MR) is 59.9 cm³/mol. The molecule has 1 amide bonds. The Hall–Kier alpha value is -0.710. The van der Waals surface area contributed by atoms with Crippen LogP contribution < -0.4 is 5.32 Å². The van der Waals surface area contributed by atoms with Gasteiger partial charge in [-0.1, -0.05) is 6.42 Å². The van der Waals surface area contributed by atoms with Crippen LogP contribution in [0.1, 0.15) is 25.7 Å². The van der Waals surface area contributed by atoms with Crippen LogP contribution in [0.5, 0.6) is 0 Å². The number of aliphatic carboxylic acids is 1. The molecule has 0 aromatic rings. The summed E-state index contributed by atoms with van der Waals surface area (Å²) in [6.45, 7) is 0. The lowest BCUT2D eigenvalue weighted by molar-refractivity contribution is -0.140. The number of amides is 1. The zero-order valence-corrected chi connectivity index (χ0v) is 9.46. The van der Waals surface area contributed by atoms with E-state index in [0.717, 1.165) is 17.4 Å². The van der Waals surface area contributed by atoms with E-state index in [1.54, 1.807) is 11.8 Å². The van der Waals surface area contributed by atoms with Gasteiger partial charge in [0.15, 0.2) is 0 Å². The van der Waals surface area contributed by atoms with E-state index >= 15 is 0 Å². The first-order valence-corrected chi connectivity index (χ1v) is 6.39. The van der Waals surface area contributed by atoms with Crippen LogP contribution in [0.15, 0.2) is 0 Å². The van der Waals surface area contributed by atoms with Crippen molar-refractivity contribution in [3.05, 3.63) is 0 Å². The molecule has 0 aromatic heterocycles. The van der Waals surface area contributed by atoms with Gasteiger partial charge in [-0.3, -0.25) is 4.79 Å². The molecule has 4 nitrogen and oxygen atoms in total. The van der Waals surface area contributed by atoms with Gasteiger partial charge in [0.1, 0.15) is 6.04 Å². The SMILES string of the molecule is O=CNC(CCSCC1CCC1)C(=O)O. The third kappa shape index (κ3) is 4.55. The number of carbonyl (C=O) groups is 2. The van der Waals surface area contributed by atoms with Crippen molar-refractivity contribution in [2.75, 3.05) is 11.5 Å². The van der Waals surface area contributed by atoms with E-state index in [9.17, 15) is 9.59 Å². The van der Waals surface area contributed by atoms with Gasteiger partial charge in [0.05, 0.1) is 0 Å². The van der Waals surface area contributed by atoms with Gasteiger partial charge in [-0.2, -0.15) is 11.8 Å². The van der Waals surface area contributed by atoms with E-state index < -0.39 is 12.0 Å². The van der Waals surface area contributed by atoms with Crippen LogP contribution in [0.25, 0.3) is 0 Å². The summed E-state index contributed by atoms with van der Waals surface area (Å²) in [5.41, 5.74) is 0. The van der Waals surface area contributed by atoms with Crippen molar-refractivity contribution in [3.63, 3.8) is 0 Å². The van der Waals surface area contributed by atoms with Crippen molar-refractivity contribution in [1.82, 2.24) is 5.32 Å². The van der Waals surface area contributed by atoms with Gasteiger partial charge in [-0.05, 0) is 36.7 Å². The van der Waals surface area contributed by atoms with Gasteiger partial charge in [0, 0.05) is 0 Å². The van der Waals surface area contributed by atoms with Crippen LogP contribution in [0, 0.1) is 5.92 Å². The lowest BCUT2D eigenvalue weighted by Crippen LogP contribution is -2.36. The molecule has 0 saturated heterocycles. The Balaban J connectivity index is 2.04. The van der Waals surface area contributed by atoms with Crippen molar-refractivity contribution < 1.29 is 14.7 Å². The quantitative estimate of drug-likeness (QED) is 0.485. The summed E-state index contributed by atoms with van der Waals surface area (Å²) < 4.78 is 0. The number of thioether (sulfide) groups is 1. The highest BCUT2D eigenvalue weighted by Gasteiger charge is 2.18. The third-order valence-electron chi connectivity index (χ3n) is 2.70. The highest BCUT2D eigenvalue weighted by molar-refractivity contribution is 7.99. The normalized spacial score (nSPS) is 17.9. The van der Waals surface area contributed by atoms with Crippen molar-refractivity contribution in [2.24, 2.45) is 5.92 Å². The molecule has 1 aliphatic carbocycles. The molecule has 0 radical (unpaired) electrons. The highest BCUT2D eigenvalue weighted by atomic mass is 32.2. The molecule has 1 aliphatic rings. The standard InChI is InChI=1S/C10H17NO3S/c12-7-11-9(10(13)14)4-5-15-6-8-2-1-3-8/h7-9H,1-6H2,(H,11,12)(H,13,14). The lowest BCUT2D eigenvalue weighted by Gasteiger charge is -2.24. The minimum Gasteiger partial charge on any atom is -0.480 e. The Morgan fingerprint density at radius 3 is 2.80 bits per heavy atom. The van der Waals surface area contributed by atoms with Crippen LogP contribution >= 0.6 is 11.8 Å². The Kier molecular flexibility index (Phi) is 5.53. The molecule has 1 saturated carbocycles. The van der Waals surface area contributed by atoms with E-state index in [-0.39, 0.29) is 0 Å². The largest absolute Gasteiger partial charge is 0.480 e. The molecule has 0 aliphatic heterocycles. The molecule has 0 heterocycles. The Morgan fingerprint density at radius 2 is 2.33 bits per heavy atom. The van der Waals surface area contributed by atoms with Gasteiger partial charge in [-0.15, -0.1) is 0 Å². The fraction of sp³-hybridized carbons (Fsp3) is 0.800. The second-order valence-corrected chi connectivity index (χ2v) is 4.99. The van der Waals surface area contributed by atoms with E-state index in [0.29, 0.717) is 12.8 Å². The number of hydrogen-bond acceptors (Lipinski definition) is 3. The van der Waals surface area contributed by atoms with Gasteiger partial charge in [-0.25, -0.2) is 4.79 Å². The molecular formula is C10H17NO3S. The number of hydrogen-bond donors (Lipinski definition) is 2. The fourth-order valence-corrected chi connectivity index (χ4v) is 2.71. The van der Waals surface area contributed by atoms with Gasteiger partial charge in [0.2, 0.25) is 6.41 Å². The number of rotatable bonds is 8. The monoisotopic (exact) mass is 231 g/mol. The fourth-order valence-electron chi connectivity index (χ4n) is 1.47. The van der Waals surface area contributed by atoms with Crippen molar-refractivity contribution in [1.29, 1.82) is 0 Å². The molecule has 0 bridgehead atoms. The maximum absolute atomic E-state index is 10.7. The number of carbonyl (C=O) groups excluding carboxylic acids is 1. The molecule has 86 valence electrons. The maximum Gasteiger partial charge on any atom is 0.326 e. The molecule has 1 fully saturated rings. The minimum atomic E-state index is -0.952. The van der Waals surface area contributed by atoms with Gasteiger partial charge in [0.25, 0.3) is 0 Å². The highest BCUT2D eigenvalue weighted by Crippen LogP contribution is 2.29. The topological polar surface area (TPSA) is 66.4 Å². The van der Waals surface area contributed by atoms with Crippen LogP contribution in [0.3, 0.4) is 0 Å². The summed E-state index contributed by atoms with van der Waals surface area (Å²) >= 11 is 1.79. The molecule has 2 N–H and O–H groups in total. The molecule has 0 aromatic carbocycles. The minimum absolute atomic E-state index is 0.454. The average Bonchev–Trinajstić information content (AvgIpc) is 2.12.